The number of alkyl carbamates (subject to hydrolysis) is 1. The lowest BCUT2D eigenvalue weighted by molar-refractivity contribution is -0.109. The quantitative estimate of drug-likeness (QED) is 0.845. The highest BCUT2D eigenvalue weighted by molar-refractivity contribution is 5.74. The summed E-state index contributed by atoms with van der Waals surface area (Å²) in [5.74, 6) is 0.403. The van der Waals surface area contributed by atoms with Crippen LogP contribution in [0.3, 0.4) is 0 Å². The zero-order valence-corrected chi connectivity index (χ0v) is 13.0. The fourth-order valence-electron chi connectivity index (χ4n) is 1.52. The van der Waals surface area contributed by atoms with Gasteiger partial charge in [0.2, 0.25) is 5.88 Å². The fourth-order valence-corrected chi connectivity index (χ4v) is 1.52. The van der Waals surface area contributed by atoms with Crippen molar-refractivity contribution in [2.45, 2.75) is 52.4 Å². The zero-order chi connectivity index (χ0) is 16.0. The lowest BCUT2D eigenvalue weighted by atomic mass is 10.2. The van der Waals surface area contributed by atoms with Gasteiger partial charge >= 0.3 is 6.09 Å². The van der Waals surface area contributed by atoms with Crippen molar-refractivity contribution in [1.29, 1.82) is 0 Å². The van der Waals surface area contributed by atoms with Gasteiger partial charge < -0.3 is 19.6 Å². The van der Waals surface area contributed by atoms with E-state index in [4.69, 9.17) is 9.47 Å². The smallest absolute Gasteiger partial charge is 0.408 e. The topological polar surface area (TPSA) is 77.5 Å². The van der Waals surface area contributed by atoms with E-state index in [1.165, 1.54) is 0 Å². The standard InChI is InChI=1S/C15H22N2O4/c1-10(2)20-13-8-6-7-11(16-13)12(9-18)17-14(19)21-15(3,4)5/h6-10,12H,1-5H3,(H,17,19). The molecule has 1 amide bonds. The van der Waals surface area contributed by atoms with Crippen LogP contribution in [-0.4, -0.2) is 29.1 Å². The van der Waals surface area contributed by atoms with Crippen molar-refractivity contribution in [3.8, 4) is 5.88 Å². The normalized spacial score (nSPS) is 12.7. The largest absolute Gasteiger partial charge is 0.475 e. The number of nitrogens with one attached hydrogen (secondary N) is 1. The van der Waals surface area contributed by atoms with Crippen molar-refractivity contribution in [3.05, 3.63) is 23.9 Å². The Labute approximate surface area is 124 Å². The van der Waals surface area contributed by atoms with Crippen LogP contribution >= 0.6 is 0 Å². The molecule has 6 heteroatoms. The summed E-state index contributed by atoms with van der Waals surface area (Å²) >= 11 is 0. The van der Waals surface area contributed by atoms with Crippen molar-refractivity contribution in [2.75, 3.05) is 0 Å². The second-order valence-electron chi connectivity index (χ2n) is 5.83. The van der Waals surface area contributed by atoms with Gasteiger partial charge in [-0.1, -0.05) is 6.07 Å². The molecule has 1 heterocycles. The number of rotatable bonds is 5. The summed E-state index contributed by atoms with van der Waals surface area (Å²) in [5.41, 5.74) is -0.234. The molecule has 0 aromatic carbocycles. The van der Waals surface area contributed by atoms with Crippen molar-refractivity contribution in [2.24, 2.45) is 0 Å². The first-order valence-corrected chi connectivity index (χ1v) is 6.79. The van der Waals surface area contributed by atoms with Gasteiger partial charge in [-0.25, -0.2) is 9.78 Å². The van der Waals surface area contributed by atoms with E-state index in [1.807, 2.05) is 13.8 Å². The van der Waals surface area contributed by atoms with Crippen LogP contribution in [0.4, 0.5) is 4.79 Å². The van der Waals surface area contributed by atoms with E-state index in [2.05, 4.69) is 10.3 Å². The van der Waals surface area contributed by atoms with Crippen LogP contribution < -0.4 is 10.1 Å². The van der Waals surface area contributed by atoms with E-state index in [0.29, 0.717) is 17.9 Å². The monoisotopic (exact) mass is 294 g/mol. The summed E-state index contributed by atoms with van der Waals surface area (Å²) in [7, 11) is 0. The summed E-state index contributed by atoms with van der Waals surface area (Å²) in [6, 6.07) is 4.17. The molecule has 0 fully saturated rings. The molecule has 0 bridgehead atoms. The highest BCUT2D eigenvalue weighted by atomic mass is 16.6. The average molecular weight is 294 g/mol. The van der Waals surface area contributed by atoms with Crippen LogP contribution in [0, 0.1) is 0 Å². The van der Waals surface area contributed by atoms with Gasteiger partial charge in [-0.15, -0.1) is 0 Å². The predicted octanol–water partition coefficient (Wildman–Crippen LogP) is 2.63. The SMILES string of the molecule is CC(C)Oc1cccc(C(C=O)NC(=O)OC(C)(C)C)n1. The molecular formula is C15H22N2O4. The predicted molar refractivity (Wildman–Crippen MR) is 78.2 cm³/mol. The Morgan fingerprint density at radius 3 is 2.52 bits per heavy atom. The van der Waals surface area contributed by atoms with E-state index in [-0.39, 0.29) is 6.10 Å². The molecule has 1 aromatic heterocycles. The minimum absolute atomic E-state index is 0.0266. The van der Waals surface area contributed by atoms with Crippen LogP contribution in [0.15, 0.2) is 18.2 Å². The third kappa shape index (κ3) is 6.25. The molecule has 0 spiro atoms. The van der Waals surface area contributed by atoms with Crippen molar-refractivity contribution >= 4 is 12.4 Å². The van der Waals surface area contributed by atoms with Crippen molar-refractivity contribution < 1.29 is 19.1 Å². The van der Waals surface area contributed by atoms with E-state index in [0.717, 1.165) is 0 Å². The van der Waals surface area contributed by atoms with E-state index in [9.17, 15) is 9.59 Å². The zero-order valence-electron chi connectivity index (χ0n) is 13.0. The van der Waals surface area contributed by atoms with Gasteiger partial charge in [0.15, 0.2) is 0 Å². The molecule has 21 heavy (non-hydrogen) atoms. The average Bonchev–Trinajstić information content (AvgIpc) is 2.33. The maximum absolute atomic E-state index is 11.7. The summed E-state index contributed by atoms with van der Waals surface area (Å²) in [6.45, 7) is 9.00. The number of nitrogens with zero attached hydrogens (tertiary/aromatic N) is 1. The maximum Gasteiger partial charge on any atom is 0.408 e. The second kappa shape index (κ2) is 7.06. The summed E-state index contributed by atoms with van der Waals surface area (Å²) in [5, 5.41) is 2.47. The molecule has 0 aliphatic rings. The van der Waals surface area contributed by atoms with Crippen LogP contribution in [0.2, 0.25) is 0 Å². The van der Waals surface area contributed by atoms with Gasteiger partial charge in [-0.3, -0.25) is 0 Å². The number of aromatic nitrogens is 1. The minimum Gasteiger partial charge on any atom is -0.475 e. The van der Waals surface area contributed by atoms with Gasteiger partial charge in [0, 0.05) is 6.07 Å². The van der Waals surface area contributed by atoms with E-state index >= 15 is 0 Å². The Morgan fingerprint density at radius 1 is 1.33 bits per heavy atom. The molecule has 6 nitrogen and oxygen atoms in total. The first kappa shape index (κ1) is 16.9. The number of hydrogen-bond acceptors (Lipinski definition) is 5. The molecule has 1 rings (SSSR count). The van der Waals surface area contributed by atoms with Crippen molar-refractivity contribution in [3.63, 3.8) is 0 Å². The Hall–Kier alpha value is -2.11. The van der Waals surface area contributed by atoms with Gasteiger partial charge in [0.1, 0.15) is 17.9 Å². The lowest BCUT2D eigenvalue weighted by Crippen LogP contribution is -2.35. The lowest BCUT2D eigenvalue weighted by Gasteiger charge is -2.21. The Bertz CT molecular complexity index is 495. The molecule has 1 N–H and O–H groups in total. The summed E-state index contributed by atoms with van der Waals surface area (Å²) in [4.78, 5) is 27.1. The molecule has 0 saturated carbocycles. The maximum atomic E-state index is 11.7. The summed E-state index contributed by atoms with van der Waals surface area (Å²) in [6.07, 6.45) is -0.0939. The molecule has 0 aliphatic carbocycles. The Balaban J connectivity index is 2.80. The number of hydrogen-bond donors (Lipinski definition) is 1. The van der Waals surface area contributed by atoms with Crippen LogP contribution in [-0.2, 0) is 9.53 Å². The van der Waals surface area contributed by atoms with Gasteiger partial charge in [0.25, 0.3) is 0 Å². The molecule has 0 aliphatic heterocycles. The van der Waals surface area contributed by atoms with Gasteiger partial charge in [0.05, 0.1) is 11.8 Å². The highest BCUT2D eigenvalue weighted by Gasteiger charge is 2.21. The molecule has 0 saturated heterocycles. The van der Waals surface area contributed by atoms with Crippen LogP contribution in [0.1, 0.15) is 46.4 Å². The Kier molecular flexibility index (Phi) is 5.69. The van der Waals surface area contributed by atoms with Crippen LogP contribution in [0.25, 0.3) is 0 Å². The molecule has 0 radical (unpaired) electrons. The number of carbonyl (C=O) groups is 2. The van der Waals surface area contributed by atoms with Crippen LogP contribution in [0.5, 0.6) is 5.88 Å². The Morgan fingerprint density at radius 2 is 2.00 bits per heavy atom. The molecular weight excluding hydrogens is 272 g/mol. The van der Waals surface area contributed by atoms with E-state index < -0.39 is 17.7 Å². The third-order valence-electron chi connectivity index (χ3n) is 2.23. The van der Waals surface area contributed by atoms with Gasteiger partial charge in [-0.2, -0.15) is 0 Å². The van der Waals surface area contributed by atoms with Crippen molar-refractivity contribution in [1.82, 2.24) is 10.3 Å². The second-order valence-corrected chi connectivity index (χ2v) is 5.83. The minimum atomic E-state index is -0.879. The summed E-state index contributed by atoms with van der Waals surface area (Å²) < 4.78 is 10.6. The van der Waals surface area contributed by atoms with E-state index in [1.54, 1.807) is 39.0 Å². The number of carbonyl (C=O) groups excluding carboxylic acids is 2. The first-order valence-electron chi connectivity index (χ1n) is 6.79. The molecule has 1 unspecified atom stereocenters. The van der Waals surface area contributed by atoms with Gasteiger partial charge in [-0.05, 0) is 40.7 Å². The number of ether oxygens (including phenoxy) is 2. The number of aldehydes is 1. The number of pyridine rings is 1. The molecule has 1 atom stereocenters. The number of amides is 1. The fraction of sp³-hybridized carbons (Fsp3) is 0.533. The highest BCUT2D eigenvalue weighted by Crippen LogP contribution is 2.15. The molecule has 1 aromatic rings. The third-order valence-corrected chi connectivity index (χ3v) is 2.23. The first-order chi connectivity index (χ1) is 9.71. The molecule has 116 valence electrons.